The van der Waals surface area contributed by atoms with Gasteiger partial charge in [0, 0.05) is 25.2 Å². The number of nitrogens with one attached hydrogen (secondary N) is 2. The van der Waals surface area contributed by atoms with Gasteiger partial charge in [-0.25, -0.2) is 0 Å². The van der Waals surface area contributed by atoms with Crippen LogP contribution in [-0.2, 0) is 14.9 Å². The molecule has 0 aromatic rings. The zero-order chi connectivity index (χ0) is 11.6. The third kappa shape index (κ3) is 2.72. The van der Waals surface area contributed by atoms with Gasteiger partial charge < -0.3 is 10.1 Å². The van der Waals surface area contributed by atoms with E-state index in [1.165, 1.54) is 4.31 Å². The number of hydrogen-bond acceptors (Lipinski definition) is 4. The third-order valence-electron chi connectivity index (χ3n) is 3.05. The van der Waals surface area contributed by atoms with E-state index in [9.17, 15) is 8.42 Å². The summed E-state index contributed by atoms with van der Waals surface area (Å²) in [5, 5.41) is 3.17. The van der Waals surface area contributed by atoms with Crippen LogP contribution in [0.4, 0.5) is 0 Å². The molecule has 0 saturated carbocycles. The molecule has 1 atom stereocenters. The van der Waals surface area contributed by atoms with Crippen molar-refractivity contribution in [1.29, 1.82) is 0 Å². The highest BCUT2D eigenvalue weighted by Crippen LogP contribution is 2.16. The van der Waals surface area contributed by atoms with Gasteiger partial charge in [0.25, 0.3) is 10.2 Å². The van der Waals surface area contributed by atoms with Crippen molar-refractivity contribution in [2.45, 2.75) is 18.9 Å². The second kappa shape index (κ2) is 4.58. The minimum absolute atomic E-state index is 0.350. The van der Waals surface area contributed by atoms with Crippen LogP contribution in [0.2, 0.25) is 0 Å². The first-order valence-electron chi connectivity index (χ1n) is 5.59. The number of morpholine rings is 1. The monoisotopic (exact) mass is 249 g/mol. The van der Waals surface area contributed by atoms with Gasteiger partial charge in [0.2, 0.25) is 0 Å². The number of nitrogens with zero attached hydrogens (tertiary/aromatic N) is 1. The Hall–Kier alpha value is -0.210. The summed E-state index contributed by atoms with van der Waals surface area (Å²) in [4.78, 5) is 0. The first-order valence-corrected chi connectivity index (χ1v) is 7.03. The standard InChI is InChI=1S/C9H19N3O3S/c1-9(2-3-10-8-9)11-16(13,14)12-4-6-15-7-5-12/h10-11H,2-8H2,1H3. The molecule has 0 amide bonds. The van der Waals surface area contributed by atoms with Crippen molar-refractivity contribution >= 4 is 10.2 Å². The number of ether oxygens (including phenoxy) is 1. The van der Waals surface area contributed by atoms with E-state index in [2.05, 4.69) is 10.0 Å². The lowest BCUT2D eigenvalue weighted by molar-refractivity contribution is 0.0720. The Morgan fingerprint density at radius 1 is 1.38 bits per heavy atom. The van der Waals surface area contributed by atoms with Crippen LogP contribution in [0.25, 0.3) is 0 Å². The highest BCUT2D eigenvalue weighted by molar-refractivity contribution is 7.87. The minimum atomic E-state index is -3.36. The van der Waals surface area contributed by atoms with Crippen molar-refractivity contribution in [2.24, 2.45) is 0 Å². The summed E-state index contributed by atoms with van der Waals surface area (Å²) in [6.45, 7) is 5.34. The van der Waals surface area contributed by atoms with E-state index in [1.54, 1.807) is 0 Å². The lowest BCUT2D eigenvalue weighted by Gasteiger charge is -2.31. The van der Waals surface area contributed by atoms with Gasteiger partial charge in [0.05, 0.1) is 13.2 Å². The molecule has 0 bridgehead atoms. The van der Waals surface area contributed by atoms with Crippen LogP contribution in [-0.4, -0.2) is 57.7 Å². The zero-order valence-electron chi connectivity index (χ0n) is 9.53. The van der Waals surface area contributed by atoms with Crippen LogP contribution in [0.15, 0.2) is 0 Å². The Bertz CT molecular complexity index is 332. The summed E-state index contributed by atoms with van der Waals surface area (Å²) in [7, 11) is -3.36. The average molecular weight is 249 g/mol. The van der Waals surface area contributed by atoms with E-state index < -0.39 is 10.2 Å². The van der Waals surface area contributed by atoms with Crippen molar-refractivity contribution in [2.75, 3.05) is 39.4 Å². The Labute approximate surface area is 96.5 Å². The molecule has 0 aromatic carbocycles. The number of hydrogen-bond donors (Lipinski definition) is 2. The molecule has 7 heteroatoms. The summed E-state index contributed by atoms with van der Waals surface area (Å²) >= 11 is 0. The highest BCUT2D eigenvalue weighted by atomic mass is 32.2. The van der Waals surface area contributed by atoms with Gasteiger partial charge in [-0.15, -0.1) is 0 Å². The van der Waals surface area contributed by atoms with Gasteiger partial charge in [-0.1, -0.05) is 0 Å². The van der Waals surface area contributed by atoms with Gasteiger partial charge in [0.15, 0.2) is 0 Å². The molecule has 0 radical (unpaired) electrons. The Morgan fingerprint density at radius 3 is 2.62 bits per heavy atom. The van der Waals surface area contributed by atoms with E-state index >= 15 is 0 Å². The quantitative estimate of drug-likeness (QED) is 0.666. The molecule has 0 aromatic heterocycles. The molecule has 16 heavy (non-hydrogen) atoms. The van der Waals surface area contributed by atoms with Gasteiger partial charge in [-0.2, -0.15) is 17.4 Å². The molecule has 6 nitrogen and oxygen atoms in total. The van der Waals surface area contributed by atoms with E-state index in [4.69, 9.17) is 4.74 Å². The fraction of sp³-hybridized carbons (Fsp3) is 1.00. The molecule has 0 spiro atoms. The van der Waals surface area contributed by atoms with E-state index in [1.807, 2.05) is 6.92 Å². The topological polar surface area (TPSA) is 70.7 Å². The van der Waals surface area contributed by atoms with Crippen LogP contribution in [0.3, 0.4) is 0 Å². The normalized spacial score (nSPS) is 33.1. The molecule has 1 unspecified atom stereocenters. The van der Waals surface area contributed by atoms with Crippen LogP contribution in [0.1, 0.15) is 13.3 Å². The van der Waals surface area contributed by atoms with E-state index in [0.717, 1.165) is 13.0 Å². The van der Waals surface area contributed by atoms with Crippen LogP contribution >= 0.6 is 0 Å². The summed E-state index contributed by atoms with van der Waals surface area (Å²) < 4.78 is 33.5. The molecular formula is C9H19N3O3S. The predicted molar refractivity (Wildman–Crippen MR) is 60.3 cm³/mol. The maximum atomic E-state index is 12.1. The van der Waals surface area contributed by atoms with Gasteiger partial charge >= 0.3 is 0 Å². The van der Waals surface area contributed by atoms with Crippen molar-refractivity contribution in [3.63, 3.8) is 0 Å². The first kappa shape index (κ1) is 12.3. The third-order valence-corrected chi connectivity index (χ3v) is 4.85. The first-order chi connectivity index (χ1) is 7.52. The van der Waals surface area contributed by atoms with Gasteiger partial charge in [-0.3, -0.25) is 0 Å². The zero-order valence-corrected chi connectivity index (χ0v) is 10.3. The molecule has 2 saturated heterocycles. The predicted octanol–water partition coefficient (Wildman–Crippen LogP) is -1.09. The molecule has 2 aliphatic heterocycles. The minimum Gasteiger partial charge on any atom is -0.379 e. The fourth-order valence-electron chi connectivity index (χ4n) is 2.07. The van der Waals surface area contributed by atoms with Crippen molar-refractivity contribution in [3.8, 4) is 0 Å². The molecule has 2 rings (SSSR count). The van der Waals surface area contributed by atoms with Crippen LogP contribution < -0.4 is 10.0 Å². The lowest BCUT2D eigenvalue weighted by Crippen LogP contribution is -2.55. The van der Waals surface area contributed by atoms with E-state index in [-0.39, 0.29) is 5.54 Å². The highest BCUT2D eigenvalue weighted by Gasteiger charge is 2.35. The average Bonchev–Trinajstić information content (AvgIpc) is 2.65. The van der Waals surface area contributed by atoms with Crippen LogP contribution in [0.5, 0.6) is 0 Å². The van der Waals surface area contributed by atoms with Crippen LogP contribution in [0, 0.1) is 0 Å². The number of rotatable bonds is 3. The molecule has 2 heterocycles. The largest absolute Gasteiger partial charge is 0.379 e. The van der Waals surface area contributed by atoms with Gasteiger partial charge in [-0.05, 0) is 19.9 Å². The molecule has 2 fully saturated rings. The van der Waals surface area contributed by atoms with Crippen molar-refractivity contribution in [1.82, 2.24) is 14.3 Å². The van der Waals surface area contributed by atoms with Gasteiger partial charge in [0.1, 0.15) is 0 Å². The Balaban J connectivity index is 2.01. The summed E-state index contributed by atoms with van der Waals surface area (Å²) in [5.74, 6) is 0. The molecule has 2 aliphatic rings. The summed E-state index contributed by atoms with van der Waals surface area (Å²) in [6.07, 6.45) is 0.830. The maximum absolute atomic E-state index is 12.1. The molecule has 0 aliphatic carbocycles. The lowest BCUT2D eigenvalue weighted by atomic mass is 10.0. The Morgan fingerprint density at radius 2 is 2.06 bits per heavy atom. The fourth-order valence-corrected chi connectivity index (χ4v) is 3.62. The maximum Gasteiger partial charge on any atom is 0.280 e. The van der Waals surface area contributed by atoms with Crippen molar-refractivity contribution < 1.29 is 13.2 Å². The smallest absolute Gasteiger partial charge is 0.280 e. The summed E-state index contributed by atoms with van der Waals surface area (Å²) in [6, 6.07) is 0. The second-order valence-electron chi connectivity index (χ2n) is 4.61. The molecule has 2 N–H and O–H groups in total. The Kier molecular flexibility index (Phi) is 3.50. The van der Waals surface area contributed by atoms with Crippen molar-refractivity contribution in [3.05, 3.63) is 0 Å². The molecule has 94 valence electrons. The SMILES string of the molecule is CC1(NS(=O)(=O)N2CCOCC2)CCNC1. The second-order valence-corrected chi connectivity index (χ2v) is 6.28. The van der Waals surface area contributed by atoms with E-state index in [0.29, 0.717) is 32.8 Å². The summed E-state index contributed by atoms with van der Waals surface area (Å²) in [5.41, 5.74) is -0.350. The molecular weight excluding hydrogens is 230 g/mol.